The van der Waals surface area contributed by atoms with Crippen molar-refractivity contribution in [1.82, 2.24) is 14.3 Å². The van der Waals surface area contributed by atoms with E-state index in [0.717, 1.165) is 15.8 Å². The molecule has 2 aromatic heterocycles. The monoisotopic (exact) mass is 339 g/mol. The van der Waals surface area contributed by atoms with Gasteiger partial charge in [0.2, 0.25) is 0 Å². The number of nitrogens with zero attached hydrogens (tertiary/aromatic N) is 3. The minimum atomic E-state index is -0.0935. The highest BCUT2D eigenvalue weighted by Crippen LogP contribution is 2.19. The number of aliphatic hydroxyl groups is 1. The average Bonchev–Trinajstić information content (AvgIpc) is 2.81. The maximum atomic E-state index is 12.7. The zero-order chi connectivity index (χ0) is 14.7. The van der Waals surface area contributed by atoms with Crippen molar-refractivity contribution in [2.45, 2.75) is 20.3 Å². The van der Waals surface area contributed by atoms with Gasteiger partial charge in [0.25, 0.3) is 5.91 Å². The number of rotatable bonds is 5. The summed E-state index contributed by atoms with van der Waals surface area (Å²) in [6.07, 6.45) is 2.54. The molecule has 5 nitrogen and oxygen atoms in total. The molecular weight excluding hydrogens is 322 g/mol. The van der Waals surface area contributed by atoms with E-state index in [0.29, 0.717) is 25.2 Å². The Balaban J connectivity index is 2.55. The zero-order valence-electron chi connectivity index (χ0n) is 11.6. The van der Waals surface area contributed by atoms with Gasteiger partial charge >= 0.3 is 0 Å². The Morgan fingerprint density at radius 3 is 2.80 bits per heavy atom. The summed E-state index contributed by atoms with van der Waals surface area (Å²) >= 11 is 3.42. The number of hydrogen-bond donors (Lipinski definition) is 1. The largest absolute Gasteiger partial charge is 0.395 e. The molecular formula is C14H18BrN3O2. The minimum Gasteiger partial charge on any atom is -0.395 e. The fourth-order valence-corrected chi connectivity index (χ4v) is 2.55. The molecule has 2 rings (SSSR count). The van der Waals surface area contributed by atoms with Crippen molar-refractivity contribution in [2.75, 3.05) is 19.7 Å². The molecule has 0 atom stereocenters. The molecule has 1 N–H and O–H groups in total. The van der Waals surface area contributed by atoms with E-state index in [1.54, 1.807) is 4.90 Å². The molecule has 1 amide bonds. The third-order valence-corrected chi connectivity index (χ3v) is 3.70. The number of aryl methyl sites for hydroxylation is 1. The first-order chi connectivity index (χ1) is 9.62. The van der Waals surface area contributed by atoms with Crippen LogP contribution in [0, 0.1) is 0 Å². The number of carbonyl (C=O) groups is 1. The fraction of sp³-hybridized carbons (Fsp3) is 0.429. The fourth-order valence-electron chi connectivity index (χ4n) is 2.21. The van der Waals surface area contributed by atoms with Crippen LogP contribution in [-0.4, -0.2) is 45.0 Å². The number of carbonyl (C=O) groups excluding carboxylic acids is 1. The van der Waals surface area contributed by atoms with Crippen molar-refractivity contribution in [2.24, 2.45) is 0 Å². The number of likely N-dealkylation sites (N-methyl/N-ethyl adjacent to an activating group) is 1. The van der Waals surface area contributed by atoms with E-state index >= 15 is 0 Å². The van der Waals surface area contributed by atoms with Gasteiger partial charge in [-0.15, -0.1) is 0 Å². The number of pyridine rings is 1. The summed E-state index contributed by atoms with van der Waals surface area (Å²) in [5.74, 6) is -0.0935. The molecule has 0 aromatic carbocycles. The number of halogens is 1. The van der Waals surface area contributed by atoms with Gasteiger partial charge in [0.05, 0.1) is 12.3 Å². The number of aliphatic hydroxyl groups excluding tert-OH is 1. The van der Waals surface area contributed by atoms with Crippen LogP contribution < -0.4 is 0 Å². The molecule has 0 aliphatic heterocycles. The van der Waals surface area contributed by atoms with Crippen LogP contribution >= 0.6 is 15.9 Å². The van der Waals surface area contributed by atoms with Gasteiger partial charge < -0.3 is 10.0 Å². The molecule has 0 saturated heterocycles. The number of amides is 1. The van der Waals surface area contributed by atoms with Crippen LogP contribution in [0.4, 0.5) is 0 Å². The predicted octanol–water partition coefficient (Wildman–Crippen LogP) is 2.11. The first kappa shape index (κ1) is 15.0. The van der Waals surface area contributed by atoms with E-state index in [1.807, 2.05) is 36.6 Å². The number of aromatic nitrogens is 2. The Morgan fingerprint density at radius 1 is 1.45 bits per heavy atom. The van der Waals surface area contributed by atoms with Crippen molar-refractivity contribution < 1.29 is 9.90 Å². The van der Waals surface area contributed by atoms with Crippen molar-refractivity contribution >= 4 is 27.5 Å². The summed E-state index contributed by atoms with van der Waals surface area (Å²) in [4.78, 5) is 18.8. The second kappa shape index (κ2) is 6.37. The molecule has 0 saturated carbocycles. The van der Waals surface area contributed by atoms with E-state index in [-0.39, 0.29) is 12.5 Å². The molecule has 0 spiro atoms. The highest BCUT2D eigenvalue weighted by Gasteiger charge is 2.22. The van der Waals surface area contributed by atoms with Gasteiger partial charge in [-0.3, -0.25) is 9.20 Å². The lowest BCUT2D eigenvalue weighted by molar-refractivity contribution is 0.0724. The van der Waals surface area contributed by atoms with Crippen molar-refractivity contribution in [3.63, 3.8) is 0 Å². The van der Waals surface area contributed by atoms with Crippen LogP contribution in [0.1, 0.15) is 30.0 Å². The number of hydrogen-bond acceptors (Lipinski definition) is 3. The Labute approximate surface area is 126 Å². The Hall–Kier alpha value is -1.40. The minimum absolute atomic E-state index is 0.0402. The average molecular weight is 340 g/mol. The maximum absolute atomic E-state index is 12.7. The SMILES string of the molecule is CCc1nc2ccc(Br)cn2c1C(=O)N(CC)CCO. The quantitative estimate of drug-likeness (QED) is 0.907. The summed E-state index contributed by atoms with van der Waals surface area (Å²) < 4.78 is 2.70. The van der Waals surface area contributed by atoms with Gasteiger partial charge in [-0.2, -0.15) is 0 Å². The van der Waals surface area contributed by atoms with Crippen LogP contribution in [0.5, 0.6) is 0 Å². The van der Waals surface area contributed by atoms with Crippen LogP contribution in [0.15, 0.2) is 22.8 Å². The topological polar surface area (TPSA) is 57.8 Å². The summed E-state index contributed by atoms with van der Waals surface area (Å²) in [5.41, 5.74) is 2.12. The predicted molar refractivity (Wildman–Crippen MR) is 80.9 cm³/mol. The molecule has 2 heterocycles. The second-order valence-electron chi connectivity index (χ2n) is 4.44. The first-order valence-corrected chi connectivity index (χ1v) is 7.48. The second-order valence-corrected chi connectivity index (χ2v) is 5.36. The standard InChI is InChI=1S/C14H18BrN3O2/c1-3-11-13(14(20)17(4-2)7-8-19)18-9-10(15)5-6-12(18)16-11/h5-6,9,19H,3-4,7-8H2,1-2H3. The maximum Gasteiger partial charge on any atom is 0.272 e. The van der Waals surface area contributed by atoms with E-state index < -0.39 is 0 Å². The smallest absolute Gasteiger partial charge is 0.272 e. The molecule has 0 fully saturated rings. The van der Waals surface area contributed by atoms with E-state index in [9.17, 15) is 4.79 Å². The molecule has 6 heteroatoms. The van der Waals surface area contributed by atoms with E-state index in [2.05, 4.69) is 20.9 Å². The van der Waals surface area contributed by atoms with Gasteiger partial charge in [0, 0.05) is 23.8 Å². The highest BCUT2D eigenvalue weighted by atomic mass is 79.9. The van der Waals surface area contributed by atoms with Crippen molar-refractivity contribution in [1.29, 1.82) is 0 Å². The lowest BCUT2D eigenvalue weighted by Gasteiger charge is -2.20. The Kier molecular flexibility index (Phi) is 4.77. The first-order valence-electron chi connectivity index (χ1n) is 6.69. The van der Waals surface area contributed by atoms with Gasteiger partial charge in [0.15, 0.2) is 0 Å². The molecule has 0 unspecified atom stereocenters. The Morgan fingerprint density at radius 2 is 2.20 bits per heavy atom. The molecule has 0 aliphatic carbocycles. The summed E-state index contributed by atoms with van der Waals surface area (Å²) in [7, 11) is 0. The third kappa shape index (κ3) is 2.71. The highest BCUT2D eigenvalue weighted by molar-refractivity contribution is 9.10. The molecule has 20 heavy (non-hydrogen) atoms. The molecule has 0 radical (unpaired) electrons. The van der Waals surface area contributed by atoms with Crippen LogP contribution in [0.2, 0.25) is 0 Å². The Bertz CT molecular complexity index is 624. The lowest BCUT2D eigenvalue weighted by Crippen LogP contribution is -2.34. The van der Waals surface area contributed by atoms with Gasteiger partial charge in [-0.1, -0.05) is 6.92 Å². The van der Waals surface area contributed by atoms with Gasteiger partial charge in [-0.25, -0.2) is 4.98 Å². The normalized spacial score (nSPS) is 11.0. The third-order valence-electron chi connectivity index (χ3n) is 3.23. The zero-order valence-corrected chi connectivity index (χ0v) is 13.2. The van der Waals surface area contributed by atoms with Gasteiger partial charge in [0.1, 0.15) is 11.3 Å². The van der Waals surface area contributed by atoms with Crippen LogP contribution in [-0.2, 0) is 6.42 Å². The van der Waals surface area contributed by atoms with Crippen molar-refractivity contribution in [3.8, 4) is 0 Å². The lowest BCUT2D eigenvalue weighted by atomic mass is 10.2. The molecule has 0 aliphatic rings. The van der Waals surface area contributed by atoms with E-state index in [4.69, 9.17) is 5.11 Å². The van der Waals surface area contributed by atoms with Crippen LogP contribution in [0.3, 0.4) is 0 Å². The van der Waals surface area contributed by atoms with E-state index in [1.165, 1.54) is 0 Å². The van der Waals surface area contributed by atoms with Gasteiger partial charge in [-0.05, 0) is 41.4 Å². The number of imidazole rings is 1. The summed E-state index contributed by atoms with van der Waals surface area (Å²) in [6.45, 7) is 4.74. The van der Waals surface area contributed by atoms with Crippen molar-refractivity contribution in [3.05, 3.63) is 34.2 Å². The summed E-state index contributed by atoms with van der Waals surface area (Å²) in [6, 6.07) is 3.78. The summed E-state index contributed by atoms with van der Waals surface area (Å²) in [5, 5.41) is 9.07. The number of fused-ring (bicyclic) bond motifs is 1. The molecule has 2 aromatic rings. The molecule has 108 valence electrons. The molecule has 0 bridgehead atoms. The van der Waals surface area contributed by atoms with Crippen LogP contribution in [0.25, 0.3) is 5.65 Å².